The van der Waals surface area contributed by atoms with Crippen LogP contribution in [0.2, 0.25) is 0 Å². The maximum atomic E-state index is 13.8. The first-order chi connectivity index (χ1) is 21.6. The Kier molecular flexibility index (Phi) is 8.92. The van der Waals surface area contributed by atoms with E-state index in [-0.39, 0.29) is 36.7 Å². The predicted molar refractivity (Wildman–Crippen MR) is 155 cm³/mol. The molecule has 3 atom stereocenters. The number of carboxylic acid groups (broad SMARTS) is 1. The number of furan rings is 1. The van der Waals surface area contributed by atoms with Crippen molar-refractivity contribution in [3.05, 3.63) is 71.3 Å². The van der Waals surface area contributed by atoms with Crippen molar-refractivity contribution < 1.29 is 47.8 Å². The number of hydrogen-bond donors (Lipinski definition) is 3. The normalized spacial score (nSPS) is 21.8. The van der Waals surface area contributed by atoms with E-state index >= 15 is 0 Å². The second kappa shape index (κ2) is 12.8. The van der Waals surface area contributed by atoms with E-state index in [2.05, 4.69) is 15.7 Å². The molecule has 2 saturated heterocycles. The molecule has 0 aliphatic carbocycles. The van der Waals surface area contributed by atoms with Crippen molar-refractivity contribution in [3.8, 4) is 0 Å². The summed E-state index contributed by atoms with van der Waals surface area (Å²) in [5.74, 6) is -3.28. The number of aliphatic carboxylic acids is 1. The zero-order chi connectivity index (χ0) is 32.3. The number of esters is 1. The molecule has 0 spiro atoms. The molecule has 2 fully saturated rings. The molecular formula is C28H28N6O10S. The van der Waals surface area contributed by atoms with Crippen LogP contribution < -0.4 is 10.6 Å². The van der Waals surface area contributed by atoms with Gasteiger partial charge in [-0.15, -0.1) is 11.8 Å². The van der Waals surface area contributed by atoms with Crippen LogP contribution in [0.4, 0.5) is 9.59 Å². The van der Waals surface area contributed by atoms with Crippen LogP contribution in [-0.2, 0) is 28.7 Å². The molecular weight excluding hydrogens is 612 g/mol. The van der Waals surface area contributed by atoms with Gasteiger partial charge >= 0.3 is 24.0 Å². The van der Waals surface area contributed by atoms with E-state index in [0.717, 1.165) is 26.6 Å². The first-order valence-corrected chi connectivity index (χ1v) is 14.5. The van der Waals surface area contributed by atoms with E-state index in [1.807, 2.05) is 0 Å². The molecule has 0 bridgehead atoms. The van der Waals surface area contributed by atoms with Crippen LogP contribution in [0.25, 0.3) is 0 Å². The molecule has 3 aliphatic heterocycles. The summed E-state index contributed by atoms with van der Waals surface area (Å²) < 4.78 is 15.6. The van der Waals surface area contributed by atoms with Gasteiger partial charge in [0.2, 0.25) is 5.91 Å². The van der Waals surface area contributed by atoms with Gasteiger partial charge in [-0.1, -0.05) is 30.3 Å². The number of imide groups is 1. The van der Waals surface area contributed by atoms with Gasteiger partial charge in [-0.05, 0) is 17.7 Å². The number of thioether (sulfide) groups is 1. The summed E-state index contributed by atoms with van der Waals surface area (Å²) in [6, 6.07) is 8.44. The molecule has 5 rings (SSSR count). The van der Waals surface area contributed by atoms with Gasteiger partial charge in [-0.2, -0.15) is 5.10 Å². The summed E-state index contributed by atoms with van der Waals surface area (Å²) in [4.78, 5) is 78.8. The fourth-order valence-electron chi connectivity index (χ4n) is 4.96. The molecule has 1 aromatic carbocycles. The maximum absolute atomic E-state index is 13.8. The Bertz CT molecular complexity index is 1580. The first-order valence-electron chi connectivity index (χ1n) is 13.5. The Morgan fingerprint density at radius 3 is 2.58 bits per heavy atom. The Hall–Kier alpha value is -5.16. The average molecular weight is 641 g/mol. The van der Waals surface area contributed by atoms with Gasteiger partial charge in [-0.25, -0.2) is 24.3 Å². The maximum Gasteiger partial charge on any atom is 0.352 e. The number of fused-ring (bicyclic) bond motifs is 1. The van der Waals surface area contributed by atoms with Crippen molar-refractivity contribution in [1.82, 2.24) is 25.4 Å². The van der Waals surface area contributed by atoms with Gasteiger partial charge < -0.3 is 29.6 Å². The Labute approximate surface area is 260 Å². The monoisotopic (exact) mass is 640 g/mol. The van der Waals surface area contributed by atoms with Gasteiger partial charge in [-0.3, -0.25) is 19.3 Å². The Balaban J connectivity index is 1.34. The van der Waals surface area contributed by atoms with Crippen LogP contribution >= 0.6 is 11.8 Å². The number of β-lactam (4-membered cyclic amide) rings is 1. The third-order valence-electron chi connectivity index (χ3n) is 7.16. The number of carbonyl (C=O) groups excluding carboxylic acids is 5. The number of methoxy groups -OCH3 is 1. The summed E-state index contributed by atoms with van der Waals surface area (Å²) in [7, 11) is 1.19. The minimum atomic E-state index is -1.98. The molecule has 2 aromatic rings. The van der Waals surface area contributed by atoms with Crippen molar-refractivity contribution in [2.45, 2.75) is 24.1 Å². The SMILES string of the molecule is COC1(NC(=O)C(NC(=O)N2CCN(N=Cc3ccco3)C2=O)c2ccccc2)C(=O)N2C(C(=O)O)=C(COC(C)=O)CS[C@H]21. The summed E-state index contributed by atoms with van der Waals surface area (Å²) >= 11 is 1.10. The second-order valence-corrected chi connectivity index (χ2v) is 11.0. The lowest BCUT2D eigenvalue weighted by Gasteiger charge is -2.56. The van der Waals surface area contributed by atoms with E-state index in [4.69, 9.17) is 13.9 Å². The van der Waals surface area contributed by atoms with E-state index in [1.54, 1.807) is 42.5 Å². The number of urea groups is 2. The molecule has 17 heteroatoms. The van der Waals surface area contributed by atoms with Crippen LogP contribution in [0.3, 0.4) is 0 Å². The summed E-state index contributed by atoms with van der Waals surface area (Å²) in [5, 5.41) is 19.1. The molecule has 236 valence electrons. The van der Waals surface area contributed by atoms with Crippen LogP contribution in [0.5, 0.6) is 0 Å². The van der Waals surface area contributed by atoms with Crippen LogP contribution in [-0.4, -0.2) is 106 Å². The van der Waals surface area contributed by atoms with Crippen molar-refractivity contribution in [2.24, 2.45) is 5.10 Å². The Morgan fingerprint density at radius 2 is 1.93 bits per heavy atom. The molecule has 4 heterocycles. The van der Waals surface area contributed by atoms with Gasteiger partial charge in [0.05, 0.1) is 25.6 Å². The largest absolute Gasteiger partial charge is 0.477 e. The minimum absolute atomic E-state index is 0.0164. The van der Waals surface area contributed by atoms with E-state index < -0.39 is 53.0 Å². The van der Waals surface area contributed by atoms with Crippen molar-refractivity contribution in [1.29, 1.82) is 0 Å². The molecule has 6 amide bonds. The standard InChI is InChI=1S/C28H28N6O10S/c1-16(35)44-14-18-15-45-25-28(42-2,24(39)34(25)21(18)23(37)38)31-22(36)20(17-7-4-3-5-8-17)30-26(40)32-10-11-33(27(32)41)29-13-19-9-6-12-43-19/h3-9,12-13,20,25H,10-11,14-15H2,1-2H3,(H,30,40)(H,31,36)(H,37,38)/t20?,25-,28?/m0/s1. The van der Waals surface area contributed by atoms with Crippen molar-refractivity contribution >= 4 is 53.8 Å². The number of nitrogens with one attached hydrogen (secondary N) is 2. The van der Waals surface area contributed by atoms with Crippen LogP contribution in [0, 0.1) is 0 Å². The Morgan fingerprint density at radius 1 is 1.18 bits per heavy atom. The highest BCUT2D eigenvalue weighted by atomic mass is 32.2. The molecule has 0 saturated carbocycles. The third-order valence-corrected chi connectivity index (χ3v) is 8.53. The number of nitrogens with zero attached hydrogens (tertiary/aromatic N) is 4. The molecule has 2 unspecified atom stereocenters. The number of rotatable bonds is 10. The number of ether oxygens (including phenoxy) is 2. The zero-order valence-corrected chi connectivity index (χ0v) is 24.8. The summed E-state index contributed by atoms with van der Waals surface area (Å²) in [6.07, 6.45) is 2.78. The average Bonchev–Trinajstić information content (AvgIpc) is 3.69. The van der Waals surface area contributed by atoms with Gasteiger partial charge in [0, 0.05) is 25.4 Å². The summed E-state index contributed by atoms with van der Waals surface area (Å²) in [6.45, 7) is 0.932. The number of hydrogen-bond acceptors (Lipinski definition) is 11. The van der Waals surface area contributed by atoms with Gasteiger partial charge in [0.1, 0.15) is 29.5 Å². The third kappa shape index (κ3) is 5.99. The van der Waals surface area contributed by atoms with Crippen molar-refractivity contribution in [3.63, 3.8) is 0 Å². The predicted octanol–water partition coefficient (Wildman–Crippen LogP) is 1.08. The van der Waals surface area contributed by atoms with E-state index in [9.17, 15) is 33.9 Å². The van der Waals surface area contributed by atoms with Crippen LogP contribution in [0.15, 0.2) is 69.5 Å². The molecule has 16 nitrogen and oxygen atoms in total. The van der Waals surface area contributed by atoms with Crippen molar-refractivity contribution in [2.75, 3.05) is 32.6 Å². The molecule has 1 aromatic heterocycles. The first kappa shape index (κ1) is 31.3. The highest BCUT2D eigenvalue weighted by molar-refractivity contribution is 8.00. The van der Waals surface area contributed by atoms with Gasteiger partial charge in [0.25, 0.3) is 11.6 Å². The number of benzene rings is 1. The topological polar surface area (TPSA) is 200 Å². The lowest BCUT2D eigenvalue weighted by Crippen LogP contribution is -2.81. The van der Waals surface area contributed by atoms with E-state index in [1.165, 1.54) is 26.5 Å². The molecule has 0 radical (unpaired) electrons. The number of amides is 6. The summed E-state index contributed by atoms with van der Waals surface area (Å²) in [5.41, 5.74) is -1.81. The lowest BCUT2D eigenvalue weighted by atomic mass is 9.97. The highest BCUT2D eigenvalue weighted by Crippen LogP contribution is 2.46. The fraction of sp³-hybridized carbons (Fsp3) is 0.321. The minimum Gasteiger partial charge on any atom is -0.477 e. The fourth-order valence-corrected chi connectivity index (χ4v) is 6.38. The molecule has 3 N–H and O–H groups in total. The molecule has 3 aliphatic rings. The quantitative estimate of drug-likeness (QED) is 0.145. The van der Waals surface area contributed by atoms with E-state index in [0.29, 0.717) is 11.3 Å². The number of carboxylic acids is 1. The highest BCUT2D eigenvalue weighted by Gasteiger charge is 2.67. The number of carbonyl (C=O) groups is 6. The number of hydrazone groups is 1. The smallest absolute Gasteiger partial charge is 0.352 e. The zero-order valence-electron chi connectivity index (χ0n) is 24.0. The van der Waals surface area contributed by atoms with Gasteiger partial charge in [0.15, 0.2) is 0 Å². The lowest BCUT2D eigenvalue weighted by molar-refractivity contribution is -0.193. The second-order valence-electron chi connectivity index (χ2n) is 9.92. The molecule has 45 heavy (non-hydrogen) atoms. The van der Waals surface area contributed by atoms with Crippen LogP contribution in [0.1, 0.15) is 24.3 Å².